The molecule has 0 aliphatic carbocycles. The van der Waals surface area contributed by atoms with E-state index >= 15 is 0 Å². The van der Waals surface area contributed by atoms with E-state index in [9.17, 15) is 0 Å². The number of aryl methyl sites for hydroxylation is 1. The van der Waals surface area contributed by atoms with Crippen LogP contribution in [0.25, 0.3) is 0 Å². The van der Waals surface area contributed by atoms with Gasteiger partial charge in [0.25, 0.3) is 0 Å². The molecule has 0 saturated heterocycles. The molecule has 18 heavy (non-hydrogen) atoms. The molecular weight excluding hydrogens is 226 g/mol. The highest BCUT2D eigenvalue weighted by Crippen LogP contribution is 2.18. The van der Waals surface area contributed by atoms with Crippen molar-refractivity contribution in [3.05, 3.63) is 53.6 Å². The minimum Gasteiger partial charge on any atom is -0.487 e. The Morgan fingerprint density at radius 3 is 2.67 bits per heavy atom. The second-order valence-electron chi connectivity index (χ2n) is 4.08. The van der Waals surface area contributed by atoms with E-state index in [1.54, 1.807) is 12.4 Å². The van der Waals surface area contributed by atoms with Crippen LogP contribution in [0.5, 0.6) is 5.75 Å². The van der Waals surface area contributed by atoms with E-state index < -0.39 is 0 Å². The first-order chi connectivity index (χ1) is 8.79. The molecule has 0 amide bonds. The van der Waals surface area contributed by atoms with E-state index in [1.165, 1.54) is 0 Å². The van der Waals surface area contributed by atoms with Crippen LogP contribution >= 0.6 is 0 Å². The van der Waals surface area contributed by atoms with Crippen molar-refractivity contribution in [2.45, 2.75) is 20.0 Å². The number of hydrogen-bond acceptors (Lipinski definition) is 4. The summed E-state index contributed by atoms with van der Waals surface area (Å²) in [5.41, 5.74) is 8.57. The number of pyridine rings is 2. The predicted octanol–water partition coefficient (Wildman–Crippen LogP) is 1.87. The van der Waals surface area contributed by atoms with E-state index in [0.29, 0.717) is 13.2 Å². The fourth-order valence-electron chi connectivity index (χ4n) is 1.69. The van der Waals surface area contributed by atoms with Crippen LogP contribution in [0.2, 0.25) is 0 Å². The lowest BCUT2D eigenvalue weighted by Crippen LogP contribution is -2.08. The first-order valence-corrected chi connectivity index (χ1v) is 5.98. The predicted molar refractivity (Wildman–Crippen MR) is 70.3 cm³/mol. The molecule has 2 N–H and O–H groups in total. The van der Waals surface area contributed by atoms with Gasteiger partial charge in [0.15, 0.2) is 0 Å². The van der Waals surface area contributed by atoms with Gasteiger partial charge in [0.05, 0.1) is 5.69 Å². The zero-order valence-corrected chi connectivity index (χ0v) is 10.5. The monoisotopic (exact) mass is 243 g/mol. The van der Waals surface area contributed by atoms with E-state index in [0.717, 1.165) is 29.1 Å². The Labute approximate surface area is 107 Å². The molecule has 0 fully saturated rings. The lowest BCUT2D eigenvalue weighted by atomic mass is 10.2. The van der Waals surface area contributed by atoms with Crippen molar-refractivity contribution < 1.29 is 4.74 Å². The van der Waals surface area contributed by atoms with E-state index in [1.807, 2.05) is 31.2 Å². The third-order valence-electron chi connectivity index (χ3n) is 2.60. The highest BCUT2D eigenvalue weighted by Gasteiger charge is 2.05. The van der Waals surface area contributed by atoms with Crippen molar-refractivity contribution in [2.75, 3.05) is 6.54 Å². The first kappa shape index (κ1) is 12.5. The molecule has 4 heteroatoms. The summed E-state index contributed by atoms with van der Waals surface area (Å²) in [4.78, 5) is 8.43. The standard InChI is InChI=1S/C14H17N3O/c1-11-2-3-14(13(17-11)4-7-15)18-10-12-5-8-16-9-6-12/h2-3,5-6,8-9H,4,7,10,15H2,1H3. The van der Waals surface area contributed by atoms with Crippen LogP contribution in [-0.2, 0) is 13.0 Å². The lowest BCUT2D eigenvalue weighted by Gasteiger charge is -2.11. The summed E-state index contributed by atoms with van der Waals surface area (Å²) in [5.74, 6) is 0.808. The molecule has 0 aliphatic rings. The van der Waals surface area contributed by atoms with Crippen LogP contribution in [0.3, 0.4) is 0 Å². The number of ether oxygens (including phenoxy) is 1. The van der Waals surface area contributed by atoms with Crippen LogP contribution in [0.15, 0.2) is 36.7 Å². The molecule has 4 nitrogen and oxygen atoms in total. The summed E-state index contributed by atoms with van der Waals surface area (Å²) >= 11 is 0. The van der Waals surface area contributed by atoms with Crippen molar-refractivity contribution in [3.8, 4) is 5.75 Å². The Morgan fingerprint density at radius 1 is 1.17 bits per heavy atom. The van der Waals surface area contributed by atoms with E-state index in [-0.39, 0.29) is 0 Å². The second-order valence-corrected chi connectivity index (χ2v) is 4.08. The molecule has 0 atom stereocenters. The summed E-state index contributed by atoms with van der Waals surface area (Å²) in [6.07, 6.45) is 4.24. The fourth-order valence-corrected chi connectivity index (χ4v) is 1.69. The third kappa shape index (κ3) is 3.28. The molecule has 0 saturated carbocycles. The molecule has 0 aliphatic heterocycles. The van der Waals surface area contributed by atoms with Gasteiger partial charge in [0.1, 0.15) is 12.4 Å². The van der Waals surface area contributed by atoms with Gasteiger partial charge >= 0.3 is 0 Å². The Balaban J connectivity index is 2.09. The minimum absolute atomic E-state index is 0.519. The number of rotatable bonds is 5. The molecule has 0 aromatic carbocycles. The maximum absolute atomic E-state index is 5.78. The van der Waals surface area contributed by atoms with Crippen molar-refractivity contribution in [1.82, 2.24) is 9.97 Å². The zero-order chi connectivity index (χ0) is 12.8. The third-order valence-corrected chi connectivity index (χ3v) is 2.60. The quantitative estimate of drug-likeness (QED) is 0.870. The molecule has 0 radical (unpaired) electrons. The van der Waals surface area contributed by atoms with Gasteiger partial charge in [-0.05, 0) is 43.3 Å². The van der Waals surface area contributed by atoms with Crippen LogP contribution in [-0.4, -0.2) is 16.5 Å². The molecule has 2 aromatic rings. The van der Waals surface area contributed by atoms with Gasteiger partial charge in [-0.2, -0.15) is 0 Å². The van der Waals surface area contributed by atoms with Crippen molar-refractivity contribution >= 4 is 0 Å². The average molecular weight is 243 g/mol. The van der Waals surface area contributed by atoms with Crippen molar-refractivity contribution in [3.63, 3.8) is 0 Å². The van der Waals surface area contributed by atoms with Crippen molar-refractivity contribution in [2.24, 2.45) is 5.73 Å². The second kappa shape index (κ2) is 6.12. The van der Waals surface area contributed by atoms with Gasteiger partial charge in [0.2, 0.25) is 0 Å². The summed E-state index contributed by atoms with van der Waals surface area (Å²) in [5, 5.41) is 0. The molecule has 2 aromatic heterocycles. The Bertz CT molecular complexity index is 500. The van der Waals surface area contributed by atoms with Gasteiger partial charge in [0, 0.05) is 24.5 Å². The fraction of sp³-hybridized carbons (Fsp3) is 0.286. The smallest absolute Gasteiger partial charge is 0.141 e. The Kier molecular flexibility index (Phi) is 4.25. The van der Waals surface area contributed by atoms with Crippen LogP contribution < -0.4 is 10.5 Å². The van der Waals surface area contributed by atoms with E-state index in [4.69, 9.17) is 10.5 Å². The Morgan fingerprint density at radius 2 is 1.94 bits per heavy atom. The van der Waals surface area contributed by atoms with Gasteiger partial charge in [-0.25, -0.2) is 0 Å². The van der Waals surface area contributed by atoms with E-state index in [2.05, 4.69) is 9.97 Å². The Hall–Kier alpha value is -1.94. The number of nitrogens with two attached hydrogens (primary N) is 1. The molecule has 0 bridgehead atoms. The number of aromatic nitrogens is 2. The maximum Gasteiger partial charge on any atom is 0.141 e. The summed E-state index contributed by atoms with van der Waals surface area (Å²) < 4.78 is 5.78. The zero-order valence-electron chi connectivity index (χ0n) is 10.5. The molecule has 2 rings (SSSR count). The highest BCUT2D eigenvalue weighted by atomic mass is 16.5. The summed E-state index contributed by atoms with van der Waals surface area (Å²) in [6.45, 7) is 3.06. The molecule has 0 unspecified atom stereocenters. The molecule has 94 valence electrons. The van der Waals surface area contributed by atoms with Gasteiger partial charge in [-0.15, -0.1) is 0 Å². The van der Waals surface area contributed by atoms with Crippen LogP contribution in [0.4, 0.5) is 0 Å². The lowest BCUT2D eigenvalue weighted by molar-refractivity contribution is 0.301. The summed E-state index contributed by atoms with van der Waals surface area (Å²) in [6, 6.07) is 7.77. The van der Waals surface area contributed by atoms with Gasteiger partial charge in [-0.1, -0.05) is 0 Å². The molecular formula is C14H17N3O. The highest BCUT2D eigenvalue weighted by molar-refractivity contribution is 5.30. The van der Waals surface area contributed by atoms with Crippen LogP contribution in [0, 0.1) is 6.92 Å². The maximum atomic E-state index is 5.78. The largest absolute Gasteiger partial charge is 0.487 e. The normalized spacial score (nSPS) is 10.3. The number of hydrogen-bond donors (Lipinski definition) is 1. The number of nitrogens with zero attached hydrogens (tertiary/aromatic N) is 2. The SMILES string of the molecule is Cc1ccc(OCc2ccncc2)c(CCN)n1. The first-order valence-electron chi connectivity index (χ1n) is 5.98. The average Bonchev–Trinajstić information content (AvgIpc) is 2.39. The molecule has 0 spiro atoms. The van der Waals surface area contributed by atoms with Crippen molar-refractivity contribution in [1.29, 1.82) is 0 Å². The summed E-state index contributed by atoms with van der Waals surface area (Å²) in [7, 11) is 0. The van der Waals surface area contributed by atoms with Gasteiger partial charge < -0.3 is 10.5 Å². The van der Waals surface area contributed by atoms with Gasteiger partial charge in [-0.3, -0.25) is 9.97 Å². The molecule has 2 heterocycles. The minimum atomic E-state index is 0.519. The van der Waals surface area contributed by atoms with Crippen LogP contribution in [0.1, 0.15) is 17.0 Å². The topological polar surface area (TPSA) is 61.0 Å².